The number of halogens is 3. The van der Waals surface area contributed by atoms with Gasteiger partial charge in [-0.05, 0) is 49.6 Å². The maximum absolute atomic E-state index is 12.5. The molecule has 2 aromatic rings. The highest BCUT2D eigenvalue weighted by molar-refractivity contribution is 5.92. The van der Waals surface area contributed by atoms with Gasteiger partial charge in [0.15, 0.2) is 6.61 Å². The van der Waals surface area contributed by atoms with E-state index >= 15 is 0 Å². The van der Waals surface area contributed by atoms with Crippen LogP contribution < -0.4 is 10.1 Å². The fourth-order valence-corrected chi connectivity index (χ4v) is 3.73. The quantitative estimate of drug-likeness (QED) is 0.637. The van der Waals surface area contributed by atoms with Crippen molar-refractivity contribution in [3.05, 3.63) is 53.6 Å². The van der Waals surface area contributed by atoms with E-state index in [0.717, 1.165) is 37.4 Å². The van der Waals surface area contributed by atoms with E-state index in [1.165, 1.54) is 18.6 Å². The molecule has 0 aliphatic heterocycles. The predicted molar refractivity (Wildman–Crippen MR) is 111 cm³/mol. The number of amides is 1. The summed E-state index contributed by atoms with van der Waals surface area (Å²) in [7, 11) is 0. The van der Waals surface area contributed by atoms with Crippen LogP contribution in [0, 0.1) is 5.92 Å². The number of Topliss-reactive ketones (excluding diaryl/α,β-unsaturated/α-hetero) is 1. The zero-order chi connectivity index (χ0) is 23.1. The van der Waals surface area contributed by atoms with E-state index in [0.29, 0.717) is 5.69 Å². The number of pyridine rings is 2. The highest BCUT2D eigenvalue weighted by Crippen LogP contribution is 2.25. The summed E-state index contributed by atoms with van der Waals surface area (Å²) < 4.78 is 41.2. The lowest BCUT2D eigenvalue weighted by molar-refractivity contribution is -0.153. The Morgan fingerprint density at radius 2 is 1.91 bits per heavy atom. The van der Waals surface area contributed by atoms with Crippen LogP contribution in [0.25, 0.3) is 0 Å². The summed E-state index contributed by atoms with van der Waals surface area (Å²) in [5, 5.41) is 2.80. The van der Waals surface area contributed by atoms with Crippen molar-refractivity contribution in [3.8, 4) is 5.75 Å². The molecule has 0 bridgehead atoms. The zero-order valence-electron chi connectivity index (χ0n) is 17.8. The average Bonchev–Trinajstić information content (AvgIpc) is 2.78. The highest BCUT2D eigenvalue weighted by atomic mass is 19.4. The number of ketones is 1. The van der Waals surface area contributed by atoms with Gasteiger partial charge < -0.3 is 10.1 Å². The molecule has 0 saturated heterocycles. The summed E-state index contributed by atoms with van der Waals surface area (Å²) >= 11 is 0. The average molecular weight is 449 g/mol. The molecular formula is C23H26F3N3O3. The van der Waals surface area contributed by atoms with E-state index in [-0.39, 0.29) is 35.6 Å². The van der Waals surface area contributed by atoms with Crippen molar-refractivity contribution in [2.24, 2.45) is 5.92 Å². The molecule has 3 rings (SSSR count). The number of carbonyl (C=O) groups excluding carboxylic acids is 2. The molecule has 1 aliphatic carbocycles. The number of nitrogens with zero attached hydrogens (tertiary/aromatic N) is 2. The Kier molecular flexibility index (Phi) is 7.82. The first kappa shape index (κ1) is 23.7. The van der Waals surface area contributed by atoms with Gasteiger partial charge in [-0.3, -0.25) is 14.6 Å². The fourth-order valence-electron chi connectivity index (χ4n) is 3.73. The van der Waals surface area contributed by atoms with E-state index in [1.807, 2.05) is 6.07 Å². The van der Waals surface area contributed by atoms with Crippen LogP contribution in [0.5, 0.6) is 5.75 Å². The molecule has 9 heteroatoms. The minimum Gasteiger partial charge on any atom is -0.483 e. The molecule has 1 saturated carbocycles. The van der Waals surface area contributed by atoms with Crippen LogP contribution in [0.15, 0.2) is 36.7 Å². The molecule has 1 N–H and O–H groups in total. The summed E-state index contributed by atoms with van der Waals surface area (Å²) in [6.45, 7) is 0.367. The molecule has 1 aliphatic rings. The Labute approximate surface area is 184 Å². The van der Waals surface area contributed by atoms with Crippen LogP contribution in [0.2, 0.25) is 0 Å². The summed E-state index contributed by atoms with van der Waals surface area (Å²) in [5.41, 5.74) is 1.52. The Balaban J connectivity index is 1.56. The second kappa shape index (κ2) is 10.6. The lowest BCUT2D eigenvalue weighted by Crippen LogP contribution is -2.27. The van der Waals surface area contributed by atoms with Crippen molar-refractivity contribution in [1.82, 2.24) is 15.3 Å². The summed E-state index contributed by atoms with van der Waals surface area (Å²) in [6.07, 6.45) is 3.78. The Bertz CT molecular complexity index is 926. The summed E-state index contributed by atoms with van der Waals surface area (Å²) in [6, 6.07) is 5.76. The van der Waals surface area contributed by atoms with Crippen molar-refractivity contribution in [2.75, 3.05) is 6.61 Å². The van der Waals surface area contributed by atoms with Crippen molar-refractivity contribution < 1.29 is 27.5 Å². The maximum atomic E-state index is 12.5. The summed E-state index contributed by atoms with van der Waals surface area (Å²) in [5.74, 6) is -0.228. The van der Waals surface area contributed by atoms with Crippen LogP contribution in [0.3, 0.4) is 0 Å². The molecule has 1 unspecified atom stereocenters. The first-order valence-corrected chi connectivity index (χ1v) is 10.7. The first-order chi connectivity index (χ1) is 15.2. The number of nitrogens with one attached hydrogen (secondary N) is 1. The highest BCUT2D eigenvalue weighted by Gasteiger charge is 2.28. The van der Waals surface area contributed by atoms with Gasteiger partial charge in [-0.2, -0.15) is 13.2 Å². The van der Waals surface area contributed by atoms with Gasteiger partial charge in [0.25, 0.3) is 5.91 Å². The number of hydrogen-bond donors (Lipinski definition) is 1. The van der Waals surface area contributed by atoms with Crippen molar-refractivity contribution in [1.29, 1.82) is 0 Å². The minimum absolute atomic E-state index is 0.0537. The molecule has 2 aromatic heterocycles. The number of hydrogen-bond acceptors (Lipinski definition) is 5. The molecule has 1 amide bonds. The topological polar surface area (TPSA) is 81.2 Å². The molecule has 6 nitrogen and oxygen atoms in total. The number of alkyl halides is 3. The molecule has 2 heterocycles. The van der Waals surface area contributed by atoms with Crippen molar-refractivity contribution in [2.45, 2.75) is 57.7 Å². The molecule has 1 fully saturated rings. The maximum Gasteiger partial charge on any atom is 0.422 e. The van der Waals surface area contributed by atoms with Crippen LogP contribution in [0.4, 0.5) is 13.2 Å². The summed E-state index contributed by atoms with van der Waals surface area (Å²) in [4.78, 5) is 33.2. The van der Waals surface area contributed by atoms with Crippen molar-refractivity contribution >= 4 is 11.7 Å². The second-order valence-electron chi connectivity index (χ2n) is 8.04. The Morgan fingerprint density at radius 1 is 1.16 bits per heavy atom. The lowest BCUT2D eigenvalue weighted by atomic mass is 9.84. The largest absolute Gasteiger partial charge is 0.483 e. The van der Waals surface area contributed by atoms with Gasteiger partial charge in [0.2, 0.25) is 0 Å². The van der Waals surface area contributed by atoms with Crippen LogP contribution in [-0.4, -0.2) is 34.4 Å². The molecule has 1 atom stereocenters. The van der Waals surface area contributed by atoms with E-state index in [9.17, 15) is 22.8 Å². The molecule has 0 aromatic carbocycles. The van der Waals surface area contributed by atoms with Crippen molar-refractivity contribution in [3.63, 3.8) is 0 Å². The van der Waals surface area contributed by atoms with Gasteiger partial charge in [0, 0.05) is 24.2 Å². The normalized spacial score (nSPS) is 15.8. The third-order valence-electron chi connectivity index (χ3n) is 5.48. The van der Waals surface area contributed by atoms with Gasteiger partial charge in [0.05, 0.1) is 12.2 Å². The molecule has 0 radical (unpaired) electrons. The van der Waals surface area contributed by atoms with Gasteiger partial charge in [-0.25, -0.2) is 4.98 Å². The van der Waals surface area contributed by atoms with Gasteiger partial charge in [0.1, 0.15) is 17.2 Å². The van der Waals surface area contributed by atoms with Gasteiger partial charge in [-0.15, -0.1) is 0 Å². The van der Waals surface area contributed by atoms with Gasteiger partial charge >= 0.3 is 6.18 Å². The second-order valence-corrected chi connectivity index (χ2v) is 8.04. The van der Waals surface area contributed by atoms with Crippen LogP contribution in [0.1, 0.15) is 66.8 Å². The molecular weight excluding hydrogens is 423 g/mol. The first-order valence-electron chi connectivity index (χ1n) is 10.7. The smallest absolute Gasteiger partial charge is 0.422 e. The number of ether oxygens (including phenoxy) is 1. The fraction of sp³-hybridized carbons (Fsp3) is 0.478. The third kappa shape index (κ3) is 7.03. The standard InChI is InChI=1S/C23H26F3N3O3/c1-15(29-22(31)20-8-7-19(13-28-20)32-14-23(24,25)26)17-9-10-27-18(11-17)12-21(30)16-5-3-2-4-6-16/h7-11,13,15-16H,2-6,12,14H2,1H3,(H,29,31). The van der Waals surface area contributed by atoms with Gasteiger partial charge in [-0.1, -0.05) is 19.3 Å². The minimum atomic E-state index is -4.45. The molecule has 172 valence electrons. The number of aromatic nitrogens is 2. The monoisotopic (exact) mass is 449 g/mol. The van der Waals surface area contributed by atoms with E-state index in [1.54, 1.807) is 19.2 Å². The SMILES string of the molecule is CC(NC(=O)c1ccc(OCC(F)(F)F)cn1)c1ccnc(CC(=O)C2CCCCC2)c1. The van der Waals surface area contributed by atoms with E-state index < -0.39 is 18.7 Å². The lowest BCUT2D eigenvalue weighted by Gasteiger charge is -2.20. The Hall–Kier alpha value is -2.97. The van der Waals surface area contributed by atoms with E-state index in [2.05, 4.69) is 20.0 Å². The van der Waals surface area contributed by atoms with E-state index in [4.69, 9.17) is 0 Å². The molecule has 32 heavy (non-hydrogen) atoms. The third-order valence-corrected chi connectivity index (χ3v) is 5.48. The zero-order valence-corrected chi connectivity index (χ0v) is 17.8. The van der Waals surface area contributed by atoms with Crippen LogP contribution in [-0.2, 0) is 11.2 Å². The Morgan fingerprint density at radius 3 is 2.56 bits per heavy atom. The van der Waals surface area contributed by atoms with Crippen LogP contribution >= 0.6 is 0 Å². The molecule has 0 spiro atoms. The number of carbonyl (C=O) groups is 2. The number of rotatable bonds is 8. The predicted octanol–water partition coefficient (Wildman–Crippen LogP) is 4.60.